The van der Waals surface area contributed by atoms with E-state index in [0.29, 0.717) is 10.9 Å². The average Bonchev–Trinajstić information content (AvgIpc) is 2.83. The lowest BCUT2D eigenvalue weighted by Gasteiger charge is -2.26. The van der Waals surface area contributed by atoms with Gasteiger partial charge in [-0.1, -0.05) is 36.9 Å². The van der Waals surface area contributed by atoms with Crippen molar-refractivity contribution in [1.29, 1.82) is 0 Å². The summed E-state index contributed by atoms with van der Waals surface area (Å²) in [5.41, 5.74) is 2.63. The molecule has 0 radical (unpaired) electrons. The van der Waals surface area contributed by atoms with Crippen LogP contribution in [-0.4, -0.2) is 16.3 Å². The standard InChI is InChI=1S/C15H21S/c1-13(14-9-5-4-6-10-14)15(2,3)16-11-7-8-12-16/h4-6,9-10H,1,7-8,11-12H2,2-3H3/q+1. The lowest BCUT2D eigenvalue weighted by Crippen LogP contribution is -2.34. The smallest absolute Gasteiger partial charge is 0.0900 e. The Morgan fingerprint density at radius 2 is 1.69 bits per heavy atom. The van der Waals surface area contributed by atoms with Crippen molar-refractivity contribution < 1.29 is 0 Å². The average molecular weight is 233 g/mol. The van der Waals surface area contributed by atoms with E-state index in [9.17, 15) is 0 Å². The van der Waals surface area contributed by atoms with Gasteiger partial charge in [0.2, 0.25) is 0 Å². The van der Waals surface area contributed by atoms with Crippen molar-refractivity contribution in [1.82, 2.24) is 0 Å². The first-order valence-corrected chi connectivity index (χ1v) is 7.61. The fraction of sp³-hybridized carbons (Fsp3) is 0.467. The molecule has 86 valence electrons. The second kappa shape index (κ2) is 4.67. The van der Waals surface area contributed by atoms with Crippen LogP contribution in [-0.2, 0) is 10.9 Å². The molecule has 0 aromatic heterocycles. The zero-order valence-corrected chi connectivity index (χ0v) is 11.1. The summed E-state index contributed by atoms with van der Waals surface area (Å²) in [6.07, 6.45) is 2.82. The van der Waals surface area contributed by atoms with Gasteiger partial charge in [0.15, 0.2) is 0 Å². The molecule has 0 amide bonds. The molecule has 1 fully saturated rings. The van der Waals surface area contributed by atoms with Gasteiger partial charge in [-0.15, -0.1) is 0 Å². The second-order valence-corrected chi connectivity index (χ2v) is 7.79. The third-order valence-electron chi connectivity index (χ3n) is 3.60. The molecule has 0 unspecified atom stereocenters. The lowest BCUT2D eigenvalue weighted by molar-refractivity contribution is 0.910. The normalized spacial score (nSPS) is 17.6. The third-order valence-corrected chi connectivity index (χ3v) is 6.85. The number of benzene rings is 1. The van der Waals surface area contributed by atoms with Crippen molar-refractivity contribution in [3.05, 3.63) is 42.5 Å². The Balaban J connectivity index is 2.20. The van der Waals surface area contributed by atoms with Crippen molar-refractivity contribution in [2.45, 2.75) is 31.4 Å². The highest BCUT2D eigenvalue weighted by Crippen LogP contribution is 2.37. The molecule has 0 N–H and O–H groups in total. The Bertz CT molecular complexity index is 358. The van der Waals surface area contributed by atoms with Crippen LogP contribution in [0.4, 0.5) is 0 Å². The van der Waals surface area contributed by atoms with E-state index in [1.54, 1.807) is 0 Å². The van der Waals surface area contributed by atoms with E-state index in [2.05, 4.69) is 50.8 Å². The van der Waals surface area contributed by atoms with Gasteiger partial charge in [0.25, 0.3) is 0 Å². The van der Waals surface area contributed by atoms with Gasteiger partial charge >= 0.3 is 0 Å². The summed E-state index contributed by atoms with van der Waals surface area (Å²) in [6, 6.07) is 10.7. The lowest BCUT2D eigenvalue weighted by atomic mass is 9.96. The van der Waals surface area contributed by atoms with Crippen molar-refractivity contribution in [3.63, 3.8) is 0 Å². The molecule has 1 aliphatic rings. The van der Waals surface area contributed by atoms with E-state index in [1.165, 1.54) is 35.5 Å². The first-order valence-electron chi connectivity index (χ1n) is 6.05. The van der Waals surface area contributed by atoms with Gasteiger partial charge in [-0.25, -0.2) is 0 Å². The molecule has 2 rings (SSSR count). The maximum Gasteiger partial charge on any atom is 0.147 e. The molecule has 0 spiro atoms. The van der Waals surface area contributed by atoms with E-state index in [0.717, 1.165) is 0 Å². The zero-order chi connectivity index (χ0) is 11.6. The monoisotopic (exact) mass is 233 g/mol. The second-order valence-electron chi connectivity index (χ2n) is 4.96. The van der Waals surface area contributed by atoms with Crippen LogP contribution in [0, 0.1) is 0 Å². The van der Waals surface area contributed by atoms with Crippen LogP contribution in [0.1, 0.15) is 32.3 Å². The first-order chi connectivity index (χ1) is 7.62. The van der Waals surface area contributed by atoms with Crippen LogP contribution >= 0.6 is 0 Å². The summed E-state index contributed by atoms with van der Waals surface area (Å²) in [6.45, 7) is 9.09. The van der Waals surface area contributed by atoms with Gasteiger partial charge in [-0.3, -0.25) is 0 Å². The summed E-state index contributed by atoms with van der Waals surface area (Å²) in [7, 11) is 0.532. The van der Waals surface area contributed by atoms with E-state index in [1.807, 2.05) is 0 Å². The Labute approximate surface area is 102 Å². The van der Waals surface area contributed by atoms with Gasteiger partial charge in [0, 0.05) is 5.57 Å². The molecule has 1 saturated heterocycles. The minimum atomic E-state index is 0.276. The summed E-state index contributed by atoms with van der Waals surface area (Å²) in [5.74, 6) is 2.80. The molecule has 0 bridgehead atoms. The van der Waals surface area contributed by atoms with E-state index < -0.39 is 0 Å². The van der Waals surface area contributed by atoms with Crippen molar-refractivity contribution in [2.24, 2.45) is 0 Å². The number of hydrogen-bond acceptors (Lipinski definition) is 0. The largest absolute Gasteiger partial charge is 0.147 e. The highest BCUT2D eigenvalue weighted by atomic mass is 32.2. The Kier molecular flexibility index (Phi) is 3.44. The molecular formula is C15H21S+. The molecule has 0 nitrogen and oxygen atoms in total. The minimum Gasteiger partial charge on any atom is -0.0900 e. The maximum atomic E-state index is 4.35. The molecule has 0 atom stereocenters. The Morgan fingerprint density at radius 3 is 2.25 bits per heavy atom. The first kappa shape index (κ1) is 11.8. The van der Waals surface area contributed by atoms with Crippen molar-refractivity contribution >= 4 is 16.5 Å². The predicted molar refractivity (Wildman–Crippen MR) is 75.9 cm³/mol. The van der Waals surface area contributed by atoms with E-state index in [4.69, 9.17) is 0 Å². The zero-order valence-electron chi connectivity index (χ0n) is 10.3. The number of rotatable bonds is 3. The molecule has 1 aromatic rings. The molecule has 0 saturated carbocycles. The molecule has 1 aliphatic heterocycles. The number of hydrogen-bond donors (Lipinski definition) is 0. The molecule has 0 aliphatic carbocycles. The summed E-state index contributed by atoms with van der Waals surface area (Å²) >= 11 is 0. The maximum absolute atomic E-state index is 4.35. The summed E-state index contributed by atoms with van der Waals surface area (Å²) in [4.78, 5) is 0. The fourth-order valence-electron chi connectivity index (χ4n) is 2.33. The molecule has 16 heavy (non-hydrogen) atoms. The van der Waals surface area contributed by atoms with Gasteiger partial charge < -0.3 is 0 Å². The van der Waals surface area contributed by atoms with Crippen LogP contribution in [0.5, 0.6) is 0 Å². The van der Waals surface area contributed by atoms with Crippen molar-refractivity contribution in [3.8, 4) is 0 Å². The molecular weight excluding hydrogens is 212 g/mol. The molecule has 1 heterocycles. The van der Waals surface area contributed by atoms with Gasteiger partial charge in [-0.2, -0.15) is 0 Å². The highest BCUT2D eigenvalue weighted by Gasteiger charge is 2.43. The third kappa shape index (κ3) is 2.20. The van der Waals surface area contributed by atoms with Crippen molar-refractivity contribution in [2.75, 3.05) is 11.5 Å². The van der Waals surface area contributed by atoms with Gasteiger partial charge in [0.05, 0.1) is 0 Å². The molecule has 1 aromatic carbocycles. The quantitative estimate of drug-likeness (QED) is 0.695. The van der Waals surface area contributed by atoms with Crippen LogP contribution in [0.2, 0.25) is 0 Å². The van der Waals surface area contributed by atoms with Crippen LogP contribution in [0.15, 0.2) is 36.9 Å². The summed E-state index contributed by atoms with van der Waals surface area (Å²) < 4.78 is 0.276. The van der Waals surface area contributed by atoms with E-state index >= 15 is 0 Å². The minimum absolute atomic E-state index is 0.276. The van der Waals surface area contributed by atoms with E-state index in [-0.39, 0.29) is 4.75 Å². The highest BCUT2D eigenvalue weighted by molar-refractivity contribution is 7.98. The van der Waals surface area contributed by atoms with Gasteiger partial charge in [0.1, 0.15) is 16.3 Å². The predicted octanol–water partition coefficient (Wildman–Crippen LogP) is 3.89. The van der Waals surface area contributed by atoms with Gasteiger partial charge in [-0.05, 0) is 43.1 Å². The Hall–Kier alpha value is -0.690. The van der Waals surface area contributed by atoms with Crippen LogP contribution in [0.25, 0.3) is 5.57 Å². The molecule has 1 heteroatoms. The van der Waals surface area contributed by atoms with Crippen LogP contribution in [0.3, 0.4) is 0 Å². The summed E-state index contributed by atoms with van der Waals surface area (Å²) in [5, 5.41) is 0. The Morgan fingerprint density at radius 1 is 1.12 bits per heavy atom. The fourth-order valence-corrected chi connectivity index (χ4v) is 5.12. The SMILES string of the molecule is C=C(c1ccccc1)C(C)(C)[S+]1CCCC1. The topological polar surface area (TPSA) is 0 Å². The van der Waals surface area contributed by atoms with Crippen LogP contribution < -0.4 is 0 Å².